The molecule has 1 aliphatic carbocycles. The van der Waals surface area contributed by atoms with Gasteiger partial charge in [0.25, 0.3) is 0 Å². The second-order valence-electron chi connectivity index (χ2n) is 7.99. The molecule has 27 heavy (non-hydrogen) atoms. The van der Waals surface area contributed by atoms with Crippen molar-refractivity contribution in [3.63, 3.8) is 0 Å². The molecule has 0 bridgehead atoms. The number of rotatable bonds is 6. The van der Waals surface area contributed by atoms with Gasteiger partial charge in [0.05, 0.1) is 5.75 Å². The van der Waals surface area contributed by atoms with Gasteiger partial charge in [0.2, 0.25) is 11.8 Å². The SMILES string of the molecule is CC(C)(C)c1nc(CS(=O)(=O)CCC(=O)Nc2ccc3c(c2)CCC3)no1. The molecule has 1 aliphatic rings. The molecular weight excluding hydrogens is 366 g/mol. The number of carbonyl (C=O) groups is 1. The first kappa shape index (κ1) is 19.5. The minimum atomic E-state index is -3.51. The zero-order valence-electron chi connectivity index (χ0n) is 15.9. The van der Waals surface area contributed by atoms with Crippen LogP contribution in [0.15, 0.2) is 22.7 Å². The lowest BCUT2D eigenvalue weighted by Crippen LogP contribution is -2.19. The van der Waals surface area contributed by atoms with Crippen molar-refractivity contribution in [2.45, 2.75) is 57.6 Å². The van der Waals surface area contributed by atoms with Gasteiger partial charge in [-0.15, -0.1) is 0 Å². The Bertz CT molecular complexity index is 942. The molecule has 1 heterocycles. The van der Waals surface area contributed by atoms with Gasteiger partial charge in [-0.05, 0) is 42.5 Å². The molecule has 0 spiro atoms. The van der Waals surface area contributed by atoms with Crippen LogP contribution in [0.3, 0.4) is 0 Å². The van der Waals surface area contributed by atoms with Crippen LogP contribution in [0.1, 0.15) is 56.5 Å². The van der Waals surface area contributed by atoms with Crippen LogP contribution in [0.4, 0.5) is 5.69 Å². The van der Waals surface area contributed by atoms with E-state index in [2.05, 4.69) is 15.5 Å². The zero-order chi connectivity index (χ0) is 19.7. The Kier molecular flexibility index (Phi) is 5.37. The van der Waals surface area contributed by atoms with E-state index < -0.39 is 9.84 Å². The summed E-state index contributed by atoms with van der Waals surface area (Å²) in [7, 11) is -3.51. The fourth-order valence-electron chi connectivity index (χ4n) is 3.01. The Morgan fingerprint density at radius 3 is 2.67 bits per heavy atom. The highest BCUT2D eigenvalue weighted by molar-refractivity contribution is 7.90. The van der Waals surface area contributed by atoms with E-state index in [9.17, 15) is 13.2 Å². The van der Waals surface area contributed by atoms with Gasteiger partial charge in [-0.1, -0.05) is 32.0 Å². The number of amides is 1. The summed E-state index contributed by atoms with van der Waals surface area (Å²) in [5.74, 6) is -0.400. The molecule has 146 valence electrons. The molecule has 1 aromatic carbocycles. The topological polar surface area (TPSA) is 102 Å². The van der Waals surface area contributed by atoms with Gasteiger partial charge in [0, 0.05) is 17.5 Å². The van der Waals surface area contributed by atoms with Gasteiger partial charge in [-0.3, -0.25) is 4.79 Å². The Labute approximate surface area is 159 Å². The third-order valence-electron chi connectivity index (χ3n) is 4.48. The second-order valence-corrected chi connectivity index (χ2v) is 10.2. The number of fused-ring (bicyclic) bond motifs is 1. The van der Waals surface area contributed by atoms with Crippen molar-refractivity contribution < 1.29 is 17.7 Å². The maximum Gasteiger partial charge on any atom is 0.232 e. The Morgan fingerprint density at radius 2 is 1.96 bits per heavy atom. The first-order valence-corrected chi connectivity index (χ1v) is 10.9. The number of carbonyl (C=O) groups excluding carboxylic acids is 1. The smallest absolute Gasteiger partial charge is 0.232 e. The first-order chi connectivity index (χ1) is 12.6. The van der Waals surface area contributed by atoms with E-state index in [1.807, 2.05) is 39.0 Å². The molecule has 0 unspecified atom stereocenters. The van der Waals surface area contributed by atoms with E-state index in [1.165, 1.54) is 11.1 Å². The summed E-state index contributed by atoms with van der Waals surface area (Å²) < 4.78 is 29.6. The van der Waals surface area contributed by atoms with Crippen molar-refractivity contribution in [1.29, 1.82) is 0 Å². The largest absolute Gasteiger partial charge is 0.339 e. The Morgan fingerprint density at radius 1 is 1.22 bits per heavy atom. The number of nitrogens with one attached hydrogen (secondary N) is 1. The summed E-state index contributed by atoms with van der Waals surface area (Å²) in [6.45, 7) is 5.71. The fraction of sp³-hybridized carbons (Fsp3) is 0.526. The van der Waals surface area contributed by atoms with E-state index in [4.69, 9.17) is 4.52 Å². The predicted molar refractivity (Wildman–Crippen MR) is 102 cm³/mol. The Balaban J connectivity index is 1.53. The van der Waals surface area contributed by atoms with E-state index in [0.717, 1.165) is 19.3 Å². The molecule has 2 aromatic rings. The summed E-state index contributed by atoms with van der Waals surface area (Å²) in [6.07, 6.45) is 3.13. The summed E-state index contributed by atoms with van der Waals surface area (Å²) in [6, 6.07) is 5.86. The lowest BCUT2D eigenvalue weighted by Gasteiger charge is -2.10. The fourth-order valence-corrected chi connectivity index (χ4v) is 4.16. The molecule has 7 nitrogen and oxygen atoms in total. The quantitative estimate of drug-likeness (QED) is 0.812. The van der Waals surface area contributed by atoms with Crippen molar-refractivity contribution in [1.82, 2.24) is 10.1 Å². The minimum Gasteiger partial charge on any atom is -0.339 e. The van der Waals surface area contributed by atoms with Crippen molar-refractivity contribution in [2.24, 2.45) is 0 Å². The number of hydrogen-bond donors (Lipinski definition) is 1. The number of benzene rings is 1. The summed E-state index contributed by atoms with van der Waals surface area (Å²) in [4.78, 5) is 16.3. The van der Waals surface area contributed by atoms with Crippen LogP contribution >= 0.6 is 0 Å². The average molecular weight is 391 g/mol. The highest BCUT2D eigenvalue weighted by atomic mass is 32.2. The van der Waals surface area contributed by atoms with Crippen LogP contribution in [0.25, 0.3) is 0 Å². The molecule has 0 saturated carbocycles. The molecule has 0 radical (unpaired) electrons. The summed E-state index contributed by atoms with van der Waals surface area (Å²) >= 11 is 0. The molecular formula is C19H25N3O4S. The number of hydrogen-bond acceptors (Lipinski definition) is 6. The highest BCUT2D eigenvalue weighted by Gasteiger charge is 2.24. The predicted octanol–water partition coefficient (Wildman–Crippen LogP) is 2.80. The van der Waals surface area contributed by atoms with Crippen LogP contribution in [0.2, 0.25) is 0 Å². The standard InChI is InChI=1S/C19H25N3O4S/c1-19(2,3)18-21-16(22-26-18)12-27(24,25)10-9-17(23)20-15-8-7-13-5-4-6-14(13)11-15/h7-8,11H,4-6,9-10,12H2,1-3H3,(H,20,23). The van der Waals surface area contributed by atoms with Crippen LogP contribution in [0.5, 0.6) is 0 Å². The molecule has 0 aliphatic heterocycles. The van der Waals surface area contributed by atoms with E-state index >= 15 is 0 Å². The molecule has 0 atom stereocenters. The van der Waals surface area contributed by atoms with Crippen molar-refractivity contribution in [2.75, 3.05) is 11.1 Å². The van der Waals surface area contributed by atoms with E-state index in [0.29, 0.717) is 11.6 Å². The number of nitrogens with zero attached hydrogens (tertiary/aromatic N) is 2. The van der Waals surface area contributed by atoms with E-state index in [-0.39, 0.29) is 35.1 Å². The monoisotopic (exact) mass is 391 g/mol. The minimum absolute atomic E-state index is 0.108. The van der Waals surface area contributed by atoms with Gasteiger partial charge in [0.15, 0.2) is 15.7 Å². The van der Waals surface area contributed by atoms with Crippen LogP contribution in [0, 0.1) is 0 Å². The third kappa shape index (κ3) is 5.15. The van der Waals surface area contributed by atoms with Gasteiger partial charge < -0.3 is 9.84 Å². The molecule has 1 aromatic heterocycles. The third-order valence-corrected chi connectivity index (χ3v) is 6.01. The molecule has 3 rings (SSSR count). The molecule has 8 heteroatoms. The molecule has 1 N–H and O–H groups in total. The normalized spacial score (nSPS) is 14.2. The first-order valence-electron chi connectivity index (χ1n) is 9.07. The number of anilines is 1. The molecule has 0 saturated heterocycles. The summed E-state index contributed by atoms with van der Waals surface area (Å²) in [5.41, 5.74) is 2.95. The van der Waals surface area contributed by atoms with Gasteiger partial charge in [-0.25, -0.2) is 8.42 Å². The van der Waals surface area contributed by atoms with Gasteiger partial charge in [-0.2, -0.15) is 4.98 Å². The van der Waals surface area contributed by atoms with Crippen molar-refractivity contribution in [3.05, 3.63) is 41.0 Å². The van der Waals surface area contributed by atoms with Crippen molar-refractivity contribution in [3.8, 4) is 0 Å². The van der Waals surface area contributed by atoms with Gasteiger partial charge in [0.1, 0.15) is 5.75 Å². The zero-order valence-corrected chi connectivity index (χ0v) is 16.7. The number of aryl methyl sites for hydroxylation is 2. The maximum absolute atomic E-state index is 12.3. The van der Waals surface area contributed by atoms with Gasteiger partial charge >= 0.3 is 0 Å². The lowest BCUT2D eigenvalue weighted by molar-refractivity contribution is -0.115. The highest BCUT2D eigenvalue weighted by Crippen LogP contribution is 2.25. The lowest BCUT2D eigenvalue weighted by atomic mass is 9.97. The van der Waals surface area contributed by atoms with Crippen molar-refractivity contribution >= 4 is 21.4 Å². The van der Waals surface area contributed by atoms with Crippen LogP contribution < -0.4 is 5.32 Å². The number of sulfone groups is 1. The van der Waals surface area contributed by atoms with Crippen LogP contribution in [-0.4, -0.2) is 30.2 Å². The molecule has 0 fully saturated rings. The molecule has 1 amide bonds. The van der Waals surface area contributed by atoms with E-state index in [1.54, 1.807) is 0 Å². The maximum atomic E-state index is 12.3. The second kappa shape index (κ2) is 7.42. The van der Waals surface area contributed by atoms with Crippen LogP contribution in [-0.2, 0) is 38.6 Å². The Hall–Kier alpha value is -2.22. The average Bonchev–Trinajstić information content (AvgIpc) is 3.21. The number of aromatic nitrogens is 2. The summed E-state index contributed by atoms with van der Waals surface area (Å²) in [5, 5.41) is 6.51.